The van der Waals surface area contributed by atoms with Crippen molar-refractivity contribution in [2.75, 3.05) is 0 Å². The summed E-state index contributed by atoms with van der Waals surface area (Å²) in [6.07, 6.45) is 0.991. The molecule has 0 aliphatic rings. The molecule has 2 atom stereocenters. The molecule has 21 heavy (non-hydrogen) atoms. The van der Waals surface area contributed by atoms with Crippen LogP contribution in [-0.4, -0.2) is 0 Å². The lowest BCUT2D eigenvalue weighted by molar-refractivity contribution is 0.414. The van der Waals surface area contributed by atoms with Crippen LogP contribution < -0.4 is 5.32 Å². The Kier molecular flexibility index (Phi) is 4.13. The van der Waals surface area contributed by atoms with Crippen LogP contribution in [0.15, 0.2) is 45.5 Å². The third kappa shape index (κ3) is 2.76. The van der Waals surface area contributed by atoms with Gasteiger partial charge >= 0.3 is 0 Å². The van der Waals surface area contributed by atoms with Gasteiger partial charge in [0.05, 0.1) is 6.04 Å². The SMILES string of the molecule is CCc1c(C(C)NC(C)c2ccsc2)oc2ccccc12. The van der Waals surface area contributed by atoms with Crippen LogP contribution in [-0.2, 0) is 6.42 Å². The summed E-state index contributed by atoms with van der Waals surface area (Å²) in [4.78, 5) is 0. The molecule has 0 saturated heterocycles. The first kappa shape index (κ1) is 14.4. The highest BCUT2D eigenvalue weighted by Gasteiger charge is 2.20. The van der Waals surface area contributed by atoms with Crippen molar-refractivity contribution in [2.24, 2.45) is 0 Å². The lowest BCUT2D eigenvalue weighted by Crippen LogP contribution is -2.22. The number of hydrogen-bond acceptors (Lipinski definition) is 3. The molecule has 110 valence electrons. The molecule has 0 saturated carbocycles. The fraction of sp³-hybridized carbons (Fsp3) is 0.333. The zero-order chi connectivity index (χ0) is 14.8. The van der Waals surface area contributed by atoms with Crippen molar-refractivity contribution < 1.29 is 4.42 Å². The zero-order valence-electron chi connectivity index (χ0n) is 12.7. The average Bonchev–Trinajstić information content (AvgIpc) is 3.14. The highest BCUT2D eigenvalue weighted by atomic mass is 32.1. The van der Waals surface area contributed by atoms with E-state index in [1.54, 1.807) is 11.3 Å². The molecular weight excluding hydrogens is 278 g/mol. The third-order valence-corrected chi connectivity index (χ3v) is 4.72. The van der Waals surface area contributed by atoms with Crippen molar-refractivity contribution >= 4 is 22.3 Å². The molecule has 2 heterocycles. The molecule has 2 unspecified atom stereocenters. The predicted octanol–water partition coefficient (Wildman–Crippen LogP) is 5.47. The van der Waals surface area contributed by atoms with Crippen molar-refractivity contribution in [3.63, 3.8) is 0 Å². The number of aryl methyl sites for hydroxylation is 1. The summed E-state index contributed by atoms with van der Waals surface area (Å²) >= 11 is 1.74. The molecule has 0 amide bonds. The van der Waals surface area contributed by atoms with E-state index in [1.165, 1.54) is 16.5 Å². The highest BCUT2D eigenvalue weighted by molar-refractivity contribution is 7.07. The summed E-state index contributed by atoms with van der Waals surface area (Å²) in [5, 5.41) is 9.21. The molecule has 2 aromatic heterocycles. The zero-order valence-corrected chi connectivity index (χ0v) is 13.5. The minimum atomic E-state index is 0.197. The molecule has 0 spiro atoms. The van der Waals surface area contributed by atoms with E-state index < -0.39 is 0 Å². The van der Waals surface area contributed by atoms with Crippen molar-refractivity contribution in [1.82, 2.24) is 5.32 Å². The minimum Gasteiger partial charge on any atom is -0.459 e. The molecule has 1 N–H and O–H groups in total. The van der Waals surface area contributed by atoms with Gasteiger partial charge in [-0.05, 0) is 48.7 Å². The van der Waals surface area contributed by atoms with Gasteiger partial charge in [-0.2, -0.15) is 11.3 Å². The molecule has 3 rings (SSSR count). The topological polar surface area (TPSA) is 25.2 Å². The Morgan fingerprint density at radius 1 is 1.14 bits per heavy atom. The normalized spacial score (nSPS) is 14.4. The van der Waals surface area contributed by atoms with Crippen LogP contribution in [0, 0.1) is 0 Å². The van der Waals surface area contributed by atoms with Crippen LogP contribution in [0.3, 0.4) is 0 Å². The minimum absolute atomic E-state index is 0.197. The number of rotatable bonds is 5. The van der Waals surface area contributed by atoms with Gasteiger partial charge in [-0.15, -0.1) is 0 Å². The van der Waals surface area contributed by atoms with E-state index in [0.29, 0.717) is 6.04 Å². The predicted molar refractivity (Wildman–Crippen MR) is 89.9 cm³/mol. The number of thiophene rings is 1. The van der Waals surface area contributed by atoms with E-state index >= 15 is 0 Å². The molecular formula is C18H21NOS. The van der Waals surface area contributed by atoms with Crippen LogP contribution >= 0.6 is 11.3 Å². The van der Waals surface area contributed by atoms with Crippen molar-refractivity contribution in [3.8, 4) is 0 Å². The third-order valence-electron chi connectivity index (χ3n) is 4.02. The van der Waals surface area contributed by atoms with Crippen molar-refractivity contribution in [2.45, 2.75) is 39.3 Å². The molecule has 0 aliphatic heterocycles. The lowest BCUT2D eigenvalue weighted by Gasteiger charge is -2.18. The largest absolute Gasteiger partial charge is 0.459 e. The van der Waals surface area contributed by atoms with Crippen LogP contribution in [0.5, 0.6) is 0 Å². The number of benzene rings is 1. The molecule has 0 radical (unpaired) electrons. The quantitative estimate of drug-likeness (QED) is 0.676. The average molecular weight is 299 g/mol. The van der Waals surface area contributed by atoms with E-state index in [1.807, 2.05) is 12.1 Å². The summed E-state index contributed by atoms with van der Waals surface area (Å²) in [6, 6.07) is 11.0. The number of para-hydroxylation sites is 1. The van der Waals surface area contributed by atoms with Gasteiger partial charge in [-0.1, -0.05) is 25.1 Å². The van der Waals surface area contributed by atoms with Gasteiger partial charge in [0.2, 0.25) is 0 Å². The first-order chi connectivity index (χ1) is 10.2. The summed E-state index contributed by atoms with van der Waals surface area (Å²) < 4.78 is 6.11. The number of hydrogen-bond donors (Lipinski definition) is 1. The van der Waals surface area contributed by atoms with Gasteiger partial charge in [0, 0.05) is 17.0 Å². The van der Waals surface area contributed by atoms with E-state index in [-0.39, 0.29) is 6.04 Å². The van der Waals surface area contributed by atoms with Crippen molar-refractivity contribution in [1.29, 1.82) is 0 Å². The van der Waals surface area contributed by atoms with Gasteiger partial charge in [0.15, 0.2) is 0 Å². The standard InChI is InChI=1S/C18H21NOS/c1-4-15-16-7-5-6-8-17(16)20-18(15)13(3)19-12(2)14-9-10-21-11-14/h5-13,19H,4H2,1-3H3. The molecule has 0 aliphatic carbocycles. The second-order valence-electron chi connectivity index (χ2n) is 5.46. The van der Waals surface area contributed by atoms with Crippen LogP contribution in [0.4, 0.5) is 0 Å². The van der Waals surface area contributed by atoms with Crippen LogP contribution in [0.25, 0.3) is 11.0 Å². The second-order valence-corrected chi connectivity index (χ2v) is 6.24. The monoisotopic (exact) mass is 299 g/mol. The van der Waals surface area contributed by atoms with Gasteiger partial charge in [-0.25, -0.2) is 0 Å². The molecule has 3 heteroatoms. The van der Waals surface area contributed by atoms with E-state index in [4.69, 9.17) is 4.42 Å². The maximum atomic E-state index is 6.11. The van der Waals surface area contributed by atoms with Gasteiger partial charge in [0.1, 0.15) is 11.3 Å². The Morgan fingerprint density at radius 2 is 1.95 bits per heavy atom. The number of fused-ring (bicyclic) bond motifs is 1. The Morgan fingerprint density at radius 3 is 2.67 bits per heavy atom. The fourth-order valence-electron chi connectivity index (χ4n) is 2.90. The molecule has 3 aromatic rings. The van der Waals surface area contributed by atoms with Crippen LogP contribution in [0.2, 0.25) is 0 Å². The van der Waals surface area contributed by atoms with Crippen LogP contribution in [0.1, 0.15) is 49.7 Å². The summed E-state index contributed by atoms with van der Waals surface area (Å²) in [6.45, 7) is 6.57. The summed E-state index contributed by atoms with van der Waals surface area (Å²) in [5.41, 5.74) is 3.64. The van der Waals surface area contributed by atoms with Gasteiger partial charge < -0.3 is 9.73 Å². The van der Waals surface area contributed by atoms with E-state index in [2.05, 4.69) is 55.0 Å². The summed E-state index contributed by atoms with van der Waals surface area (Å²) in [5.74, 6) is 1.07. The second kappa shape index (κ2) is 6.04. The number of nitrogens with one attached hydrogen (secondary N) is 1. The van der Waals surface area contributed by atoms with Gasteiger partial charge in [0.25, 0.3) is 0 Å². The maximum Gasteiger partial charge on any atom is 0.134 e. The molecule has 0 bridgehead atoms. The van der Waals surface area contributed by atoms with Crippen molar-refractivity contribution in [3.05, 3.63) is 58.0 Å². The van der Waals surface area contributed by atoms with E-state index in [9.17, 15) is 0 Å². The number of furan rings is 1. The van der Waals surface area contributed by atoms with E-state index in [0.717, 1.165) is 17.8 Å². The molecule has 1 aromatic carbocycles. The first-order valence-corrected chi connectivity index (χ1v) is 8.43. The molecule has 0 fully saturated rings. The fourth-order valence-corrected chi connectivity index (χ4v) is 3.65. The smallest absolute Gasteiger partial charge is 0.134 e. The highest BCUT2D eigenvalue weighted by Crippen LogP contribution is 2.31. The first-order valence-electron chi connectivity index (χ1n) is 7.49. The molecule has 2 nitrogen and oxygen atoms in total. The maximum absolute atomic E-state index is 6.11. The Balaban J connectivity index is 1.89. The Bertz CT molecular complexity index is 714. The summed E-state index contributed by atoms with van der Waals surface area (Å²) in [7, 11) is 0. The lowest BCUT2D eigenvalue weighted by atomic mass is 10.0. The Labute approximate surface area is 129 Å². The van der Waals surface area contributed by atoms with Gasteiger partial charge in [-0.3, -0.25) is 0 Å². The Hall–Kier alpha value is -1.58.